The summed E-state index contributed by atoms with van der Waals surface area (Å²) < 4.78 is 5.62. The number of rotatable bonds is 2. The Balaban J connectivity index is 2.20. The quantitative estimate of drug-likeness (QED) is 0.865. The van der Waals surface area contributed by atoms with Gasteiger partial charge in [-0.2, -0.15) is 0 Å². The van der Waals surface area contributed by atoms with Crippen LogP contribution < -0.4 is 5.32 Å². The number of amides is 1. The van der Waals surface area contributed by atoms with E-state index >= 15 is 0 Å². The molecule has 0 aliphatic rings. The predicted molar refractivity (Wildman–Crippen MR) is 65.9 cm³/mol. The van der Waals surface area contributed by atoms with Gasteiger partial charge in [-0.3, -0.25) is 10.1 Å². The average Bonchev–Trinajstić information content (AvgIpc) is 2.61. The van der Waals surface area contributed by atoms with Crippen molar-refractivity contribution in [2.24, 2.45) is 0 Å². The minimum absolute atomic E-state index is 0.257. The lowest BCUT2D eigenvalue weighted by molar-refractivity contribution is 0.102. The van der Waals surface area contributed by atoms with Gasteiger partial charge in [0.25, 0.3) is 5.91 Å². The van der Waals surface area contributed by atoms with E-state index in [4.69, 9.17) is 4.52 Å². The van der Waals surface area contributed by atoms with Gasteiger partial charge >= 0.3 is 0 Å². The molecule has 88 valence electrons. The van der Waals surface area contributed by atoms with E-state index in [1.165, 1.54) is 0 Å². The van der Waals surface area contributed by atoms with Crippen molar-refractivity contribution in [3.63, 3.8) is 0 Å². The molecule has 2 rings (SSSR count). The lowest BCUT2D eigenvalue weighted by atomic mass is 10.2. The summed E-state index contributed by atoms with van der Waals surface area (Å²) in [5.74, 6) is 0.118. The third-order valence-electron chi connectivity index (χ3n) is 2.37. The number of halogens is 1. The summed E-state index contributed by atoms with van der Waals surface area (Å²) in [6.45, 7) is 3.65. The molecular weight excluding hydrogens is 286 g/mol. The second kappa shape index (κ2) is 4.67. The number of pyridine rings is 1. The molecular formula is C11H10BrN3O2. The molecule has 1 N–H and O–H groups in total. The first-order valence-corrected chi connectivity index (χ1v) is 5.73. The lowest BCUT2D eigenvalue weighted by Crippen LogP contribution is -2.12. The molecule has 0 atom stereocenters. The molecule has 0 aliphatic heterocycles. The van der Waals surface area contributed by atoms with Crippen molar-refractivity contribution in [3.8, 4) is 0 Å². The zero-order valence-electron chi connectivity index (χ0n) is 9.32. The second-order valence-corrected chi connectivity index (χ2v) is 4.36. The molecule has 5 nitrogen and oxygen atoms in total. The monoisotopic (exact) mass is 295 g/mol. The maximum atomic E-state index is 11.9. The Bertz CT molecular complexity index is 566. The average molecular weight is 296 g/mol. The normalized spacial score (nSPS) is 10.3. The summed E-state index contributed by atoms with van der Waals surface area (Å²) in [5, 5.41) is 6.43. The van der Waals surface area contributed by atoms with E-state index in [0.29, 0.717) is 16.1 Å². The predicted octanol–water partition coefficient (Wildman–Crippen LogP) is 2.70. The number of anilines is 1. The first kappa shape index (κ1) is 11.8. The van der Waals surface area contributed by atoms with Crippen molar-refractivity contribution in [2.45, 2.75) is 13.8 Å². The minimum atomic E-state index is -0.257. The largest absolute Gasteiger partial charge is 0.338 e. The molecule has 2 aromatic rings. The third-order valence-corrected chi connectivity index (χ3v) is 2.81. The molecule has 0 radical (unpaired) electrons. The summed E-state index contributed by atoms with van der Waals surface area (Å²) in [4.78, 5) is 15.8. The van der Waals surface area contributed by atoms with Gasteiger partial charge in [0.15, 0.2) is 0 Å². The number of hydrogen-bond donors (Lipinski definition) is 1. The maximum Gasteiger partial charge on any atom is 0.258 e. The molecule has 6 heteroatoms. The third kappa shape index (κ3) is 2.52. The Morgan fingerprint density at radius 2 is 2.24 bits per heavy atom. The van der Waals surface area contributed by atoms with Crippen molar-refractivity contribution in [1.82, 2.24) is 10.1 Å². The van der Waals surface area contributed by atoms with Crippen molar-refractivity contribution in [3.05, 3.63) is 39.8 Å². The molecule has 2 heterocycles. The fourth-order valence-corrected chi connectivity index (χ4v) is 1.62. The van der Waals surface area contributed by atoms with E-state index in [1.54, 1.807) is 18.3 Å². The van der Waals surface area contributed by atoms with Gasteiger partial charge in [-0.15, -0.1) is 0 Å². The molecule has 0 fully saturated rings. The number of carbonyl (C=O) groups excluding carboxylic acids is 1. The number of aryl methyl sites for hydroxylation is 1. The summed E-state index contributed by atoms with van der Waals surface area (Å²) in [6.07, 6.45) is 1.55. The topological polar surface area (TPSA) is 68.0 Å². The van der Waals surface area contributed by atoms with Crippen LogP contribution in [0.3, 0.4) is 0 Å². The number of nitrogens with zero attached hydrogens (tertiary/aromatic N) is 2. The van der Waals surface area contributed by atoms with Crippen LogP contribution in [0.5, 0.6) is 0 Å². The van der Waals surface area contributed by atoms with Crippen LogP contribution in [0.15, 0.2) is 27.5 Å². The van der Waals surface area contributed by atoms with Gasteiger partial charge < -0.3 is 4.52 Å². The number of hydrogen-bond acceptors (Lipinski definition) is 4. The highest BCUT2D eigenvalue weighted by molar-refractivity contribution is 9.10. The molecule has 1 amide bonds. The van der Waals surface area contributed by atoms with Crippen LogP contribution >= 0.6 is 15.9 Å². The van der Waals surface area contributed by atoms with Crippen LogP contribution in [0, 0.1) is 13.8 Å². The molecule has 0 unspecified atom stereocenters. The van der Waals surface area contributed by atoms with Crippen LogP contribution in [-0.2, 0) is 0 Å². The van der Waals surface area contributed by atoms with Gasteiger partial charge in [0, 0.05) is 17.3 Å². The standard InChI is InChI=1S/C11H10BrN3O2/c1-6-7(2)15-17-11(6)14-10(16)8-3-4-13-9(12)5-8/h3-5H,1-2H3,(H,14,16). The van der Waals surface area contributed by atoms with Crippen molar-refractivity contribution >= 4 is 27.7 Å². The van der Waals surface area contributed by atoms with E-state index < -0.39 is 0 Å². The highest BCUT2D eigenvalue weighted by Gasteiger charge is 2.13. The zero-order valence-corrected chi connectivity index (χ0v) is 10.9. The number of aromatic nitrogens is 2. The molecule has 0 saturated carbocycles. The molecule has 0 bridgehead atoms. The van der Waals surface area contributed by atoms with E-state index in [1.807, 2.05) is 13.8 Å². The van der Waals surface area contributed by atoms with Gasteiger partial charge in [-0.1, -0.05) is 5.16 Å². The highest BCUT2D eigenvalue weighted by Crippen LogP contribution is 2.18. The van der Waals surface area contributed by atoms with Crippen LogP contribution in [-0.4, -0.2) is 16.0 Å². The Labute approximate surface area is 106 Å². The fraction of sp³-hybridized carbons (Fsp3) is 0.182. The SMILES string of the molecule is Cc1noc(NC(=O)c2ccnc(Br)c2)c1C. The Morgan fingerprint density at radius 3 is 2.82 bits per heavy atom. The smallest absolute Gasteiger partial charge is 0.258 e. The molecule has 0 aliphatic carbocycles. The summed E-state index contributed by atoms with van der Waals surface area (Å²) in [6, 6.07) is 3.26. The van der Waals surface area contributed by atoms with Gasteiger partial charge in [0.1, 0.15) is 4.60 Å². The van der Waals surface area contributed by atoms with E-state index in [2.05, 4.69) is 31.4 Å². The van der Waals surface area contributed by atoms with Crippen LogP contribution in [0.2, 0.25) is 0 Å². The summed E-state index contributed by atoms with van der Waals surface area (Å²) >= 11 is 3.21. The van der Waals surface area contributed by atoms with Crippen molar-refractivity contribution < 1.29 is 9.32 Å². The Hall–Kier alpha value is -1.69. The Morgan fingerprint density at radius 1 is 1.47 bits per heavy atom. The minimum Gasteiger partial charge on any atom is -0.338 e. The summed E-state index contributed by atoms with van der Waals surface area (Å²) in [5.41, 5.74) is 2.09. The van der Waals surface area contributed by atoms with Crippen molar-refractivity contribution in [2.75, 3.05) is 5.32 Å². The molecule has 2 aromatic heterocycles. The van der Waals surface area contributed by atoms with Crippen LogP contribution in [0.25, 0.3) is 0 Å². The van der Waals surface area contributed by atoms with E-state index in [-0.39, 0.29) is 5.91 Å². The first-order valence-electron chi connectivity index (χ1n) is 4.93. The highest BCUT2D eigenvalue weighted by atomic mass is 79.9. The van der Waals surface area contributed by atoms with Gasteiger partial charge in [0.05, 0.1) is 5.69 Å². The molecule has 17 heavy (non-hydrogen) atoms. The lowest BCUT2D eigenvalue weighted by Gasteiger charge is -2.02. The maximum absolute atomic E-state index is 11.9. The molecule has 0 spiro atoms. The molecule has 0 aromatic carbocycles. The van der Waals surface area contributed by atoms with Crippen LogP contribution in [0.4, 0.5) is 5.88 Å². The Kier molecular flexibility index (Phi) is 3.23. The van der Waals surface area contributed by atoms with Crippen molar-refractivity contribution in [1.29, 1.82) is 0 Å². The van der Waals surface area contributed by atoms with Gasteiger partial charge in [-0.25, -0.2) is 4.98 Å². The van der Waals surface area contributed by atoms with Crippen LogP contribution in [0.1, 0.15) is 21.6 Å². The fourth-order valence-electron chi connectivity index (χ4n) is 1.25. The number of nitrogens with one attached hydrogen (secondary N) is 1. The van der Waals surface area contributed by atoms with Gasteiger partial charge in [-0.05, 0) is 41.9 Å². The first-order chi connectivity index (χ1) is 8.08. The van der Waals surface area contributed by atoms with E-state index in [0.717, 1.165) is 11.3 Å². The molecule has 0 saturated heterocycles. The number of carbonyl (C=O) groups is 1. The zero-order chi connectivity index (χ0) is 12.4. The second-order valence-electron chi connectivity index (χ2n) is 3.54. The summed E-state index contributed by atoms with van der Waals surface area (Å²) in [7, 11) is 0. The van der Waals surface area contributed by atoms with Gasteiger partial charge in [0.2, 0.25) is 5.88 Å². The van der Waals surface area contributed by atoms with E-state index in [9.17, 15) is 4.79 Å².